The normalized spacial score (nSPS) is 13.7. The summed E-state index contributed by atoms with van der Waals surface area (Å²) in [6.07, 6.45) is 0. The highest BCUT2D eigenvalue weighted by Crippen LogP contribution is 2.52. The van der Waals surface area contributed by atoms with E-state index in [9.17, 15) is 30.3 Å². The van der Waals surface area contributed by atoms with Gasteiger partial charge in [-0.25, -0.2) is 4.79 Å². The largest absolute Gasteiger partial charge is 0.507 e. The van der Waals surface area contributed by atoms with Crippen LogP contribution in [0.2, 0.25) is 0 Å². The maximum Gasteiger partial charge on any atom is 0.336 e. The van der Waals surface area contributed by atoms with Crippen molar-refractivity contribution >= 4 is 17.1 Å². The highest BCUT2D eigenvalue weighted by Gasteiger charge is 2.36. The molecular weight excluding hydrogens is 1000 g/mol. The van der Waals surface area contributed by atoms with Crippen LogP contribution in [0.25, 0.3) is 33.4 Å². The molecule has 0 saturated carbocycles. The Morgan fingerprint density at radius 3 is 0.850 bits per heavy atom. The monoisotopic (exact) mass is 1100 g/mol. The van der Waals surface area contributed by atoms with E-state index in [-0.39, 0.29) is 28.6 Å². The first-order chi connectivity index (χ1) is 36.0. The third-order valence-electron chi connectivity index (χ3n) is 15.2. The van der Waals surface area contributed by atoms with Gasteiger partial charge in [0.2, 0.25) is 0 Å². The number of phenols is 4. The molecule has 0 unspecified atom stereocenters. The van der Waals surface area contributed by atoms with Crippen LogP contribution in [0.1, 0.15) is 227 Å². The zero-order valence-electron chi connectivity index (χ0n) is 53.1. The van der Waals surface area contributed by atoms with Gasteiger partial charge in [0.25, 0.3) is 0 Å². The van der Waals surface area contributed by atoms with Crippen LogP contribution in [-0.4, -0.2) is 78.4 Å². The van der Waals surface area contributed by atoms with Crippen molar-refractivity contribution in [3.8, 4) is 45.3 Å². The maximum atomic E-state index is 14.9. The van der Waals surface area contributed by atoms with E-state index in [1.165, 1.54) is 0 Å². The number of aliphatic carboxylic acids is 1. The van der Waals surface area contributed by atoms with Crippen molar-refractivity contribution in [2.45, 2.75) is 209 Å². The Balaban J connectivity index is 0.00000140. The summed E-state index contributed by atoms with van der Waals surface area (Å²) in [6, 6.07) is 22.0. The Bertz CT molecular complexity index is 2950. The van der Waals surface area contributed by atoms with E-state index in [1.54, 1.807) is 0 Å². The first-order valence-corrected chi connectivity index (χ1v) is 28.1. The molecule has 10 heteroatoms. The van der Waals surface area contributed by atoms with Gasteiger partial charge in [-0.05, 0) is 131 Å². The second-order valence-corrected chi connectivity index (χ2v) is 30.6. The molecular formula is C70H100O10. The molecule has 0 atom stereocenters. The van der Waals surface area contributed by atoms with Crippen molar-refractivity contribution in [2.24, 2.45) is 5.41 Å². The molecule has 0 spiro atoms. The second-order valence-electron chi connectivity index (χ2n) is 30.6. The molecule has 440 valence electrons. The lowest BCUT2D eigenvalue weighted by molar-refractivity contribution is -0.130. The van der Waals surface area contributed by atoms with Crippen molar-refractivity contribution in [1.29, 1.82) is 0 Å². The van der Waals surface area contributed by atoms with Gasteiger partial charge < -0.3 is 46.0 Å². The van der Waals surface area contributed by atoms with Gasteiger partial charge in [0.05, 0.1) is 37.4 Å². The number of aliphatic hydroxyl groups excluding tert-OH is 4. The third kappa shape index (κ3) is 14.3. The zero-order chi connectivity index (χ0) is 61.8. The fourth-order valence-electron chi connectivity index (χ4n) is 10.1. The highest BCUT2D eigenvalue weighted by molar-refractivity contribution is 6.27. The Labute approximate surface area is 480 Å². The number of aromatic hydroxyl groups is 4. The molecule has 0 fully saturated rings. The van der Waals surface area contributed by atoms with Gasteiger partial charge >= 0.3 is 5.97 Å². The van der Waals surface area contributed by atoms with Crippen LogP contribution in [-0.2, 0) is 48.1 Å². The average Bonchev–Trinajstić information content (AvgIpc) is 3.29. The number of carboxylic acids is 1. The zero-order valence-corrected chi connectivity index (χ0v) is 53.1. The molecule has 5 aromatic carbocycles. The van der Waals surface area contributed by atoms with Gasteiger partial charge in [0.15, 0.2) is 0 Å². The minimum atomic E-state index is -1.16. The summed E-state index contributed by atoms with van der Waals surface area (Å²) < 4.78 is 0. The lowest BCUT2D eigenvalue weighted by atomic mass is 9.73. The summed E-state index contributed by atoms with van der Waals surface area (Å²) in [4.78, 5) is 14.9. The summed E-state index contributed by atoms with van der Waals surface area (Å²) in [5.41, 5.74) is 5.71. The Kier molecular flexibility index (Phi) is 19.2. The van der Waals surface area contributed by atoms with Crippen molar-refractivity contribution in [1.82, 2.24) is 0 Å². The molecule has 0 bridgehead atoms. The molecule has 0 aliphatic rings. The number of rotatable bonds is 10. The first-order valence-electron chi connectivity index (χ1n) is 28.1. The van der Waals surface area contributed by atoms with E-state index >= 15 is 0 Å². The van der Waals surface area contributed by atoms with E-state index < -0.39 is 81.1 Å². The number of phenolic OH excluding ortho intramolecular Hbond substituents is 4. The van der Waals surface area contributed by atoms with Crippen LogP contribution in [0.5, 0.6) is 23.0 Å². The lowest BCUT2D eigenvalue weighted by Gasteiger charge is -2.32. The molecule has 80 heavy (non-hydrogen) atoms. The highest BCUT2D eigenvalue weighted by atomic mass is 16.4. The smallest absolute Gasteiger partial charge is 0.336 e. The molecule has 9 N–H and O–H groups in total. The van der Waals surface area contributed by atoms with Gasteiger partial charge in [-0.2, -0.15) is 0 Å². The summed E-state index contributed by atoms with van der Waals surface area (Å²) >= 11 is 0. The topological polar surface area (TPSA) is 199 Å². The SMILES string of the molecule is CC(C)(C)c1cc(C(C(=O)O)=C(c2cc(C(C)(C)C)c(O)c(C(C)(C)C)c2)c2cccc(-c3cc(C(C)(C)C)c(O)c(C(C)(C)C)c3)c2-c2cc(C(C)(C)C)c(O)c(C(C)(C)C)c2)cc(C(C)(C)C)c1O.OCC(CO)(CO)CO. The summed E-state index contributed by atoms with van der Waals surface area (Å²) in [5.74, 6) is -0.371. The third-order valence-corrected chi connectivity index (χ3v) is 15.2. The number of aliphatic hydroxyl groups is 4. The van der Waals surface area contributed by atoms with Gasteiger partial charge in [-0.15, -0.1) is 0 Å². The fourth-order valence-corrected chi connectivity index (χ4v) is 10.1. The van der Waals surface area contributed by atoms with E-state index in [2.05, 4.69) is 155 Å². The molecule has 0 aromatic heterocycles. The van der Waals surface area contributed by atoms with E-state index in [0.717, 1.165) is 44.5 Å². The van der Waals surface area contributed by atoms with Crippen molar-refractivity contribution in [3.05, 3.63) is 128 Å². The van der Waals surface area contributed by atoms with Crippen molar-refractivity contribution in [2.75, 3.05) is 26.4 Å². The molecule has 5 rings (SSSR count). The standard InChI is InChI=1S/C65H88O6.C5H12O4/c1-58(2,3)42-28-36(29-43(53(42)66)59(4,5)6)40-26-25-27-41(50(40)37-30-44(60(7,8)9)54(67)45(31-37)61(10,11)12)51(38-32-46(62(13,14)15)55(68)47(33-38)63(16,17)18)52(57(70)71)39-34-48(64(19,20)21)56(69)49(35-39)65(22,23)24;6-1-5(2-7,3-8)4-9/h25-35,66-69H,1-24H3,(H,70,71);6-9H,1-4H2. The van der Waals surface area contributed by atoms with Crippen LogP contribution in [0, 0.1) is 5.41 Å². The van der Waals surface area contributed by atoms with Gasteiger partial charge in [-0.1, -0.05) is 184 Å². The molecule has 0 aliphatic heterocycles. The molecule has 0 saturated heterocycles. The number of carbonyl (C=O) groups is 1. The summed E-state index contributed by atoms with van der Waals surface area (Å²) in [6.45, 7) is 48.0. The predicted octanol–water partition coefficient (Wildman–Crippen LogP) is 15.2. The Hall–Kier alpha value is -5.65. The number of hydrogen-bond donors (Lipinski definition) is 9. The van der Waals surface area contributed by atoms with Crippen LogP contribution in [0.15, 0.2) is 66.7 Å². The van der Waals surface area contributed by atoms with Crippen LogP contribution in [0.4, 0.5) is 0 Å². The molecule has 0 aliphatic carbocycles. The van der Waals surface area contributed by atoms with Gasteiger partial charge in [0.1, 0.15) is 23.0 Å². The maximum absolute atomic E-state index is 14.9. The van der Waals surface area contributed by atoms with E-state index in [1.807, 2.05) is 77.9 Å². The molecule has 5 aromatic rings. The van der Waals surface area contributed by atoms with Crippen LogP contribution < -0.4 is 0 Å². The fraction of sp³-hybridized carbons (Fsp3) is 0.529. The molecule has 10 nitrogen and oxygen atoms in total. The van der Waals surface area contributed by atoms with Crippen LogP contribution in [0.3, 0.4) is 0 Å². The summed E-state index contributed by atoms with van der Waals surface area (Å²) in [5, 5.41) is 94.8. The number of benzene rings is 5. The first kappa shape index (κ1) is 66.9. The van der Waals surface area contributed by atoms with E-state index in [0.29, 0.717) is 44.5 Å². The second kappa shape index (κ2) is 22.9. The number of carboxylic acid groups (broad SMARTS) is 1. The quantitative estimate of drug-likeness (QED) is 0.0479. The van der Waals surface area contributed by atoms with Crippen LogP contribution >= 0.6 is 0 Å². The Morgan fingerprint density at radius 2 is 0.613 bits per heavy atom. The molecule has 0 amide bonds. The predicted molar refractivity (Wildman–Crippen MR) is 331 cm³/mol. The minimum Gasteiger partial charge on any atom is -0.507 e. The minimum absolute atomic E-state index is 0.0344. The summed E-state index contributed by atoms with van der Waals surface area (Å²) in [7, 11) is 0. The van der Waals surface area contributed by atoms with Gasteiger partial charge in [-0.3, -0.25) is 0 Å². The lowest BCUT2D eigenvalue weighted by Crippen LogP contribution is -2.37. The average molecular weight is 1100 g/mol. The van der Waals surface area contributed by atoms with Gasteiger partial charge in [0, 0.05) is 50.1 Å². The van der Waals surface area contributed by atoms with E-state index in [4.69, 9.17) is 20.4 Å². The van der Waals surface area contributed by atoms with Crippen molar-refractivity contribution < 1.29 is 50.8 Å². The molecule has 0 heterocycles. The Morgan fingerprint density at radius 1 is 0.362 bits per heavy atom. The van der Waals surface area contributed by atoms with Crippen molar-refractivity contribution in [3.63, 3.8) is 0 Å². The number of hydrogen-bond acceptors (Lipinski definition) is 9. The molecule has 0 radical (unpaired) electrons.